The number of hydrogen-bond donors (Lipinski definition) is 17. The third-order valence-corrected chi connectivity index (χ3v) is 18.9. The van der Waals surface area contributed by atoms with Gasteiger partial charge in [-0.05, 0) is 106 Å². The van der Waals surface area contributed by atoms with Crippen LogP contribution < -0.4 is 76.1 Å². The van der Waals surface area contributed by atoms with Gasteiger partial charge < -0.3 is 91.3 Å². The first-order valence-corrected chi connectivity index (χ1v) is 39.0. The third-order valence-electron chi connectivity index (χ3n) is 18.2. The van der Waals surface area contributed by atoms with Gasteiger partial charge in [-0.15, -0.1) is 0 Å². The van der Waals surface area contributed by atoms with Crippen molar-refractivity contribution in [2.75, 3.05) is 31.6 Å². The van der Waals surface area contributed by atoms with E-state index in [4.69, 9.17) is 22.9 Å². The van der Waals surface area contributed by atoms with Crippen LogP contribution in [-0.2, 0) is 70.4 Å². The number of hydrogen-bond acceptors (Lipinski definition) is 16. The number of nitrogens with zero attached hydrogens (tertiary/aromatic N) is 1. The minimum Gasteiger partial charge on any atom is -0.481 e. The quantitative estimate of drug-likeness (QED) is 0.0219. The number of unbranched alkanes of at least 4 members (excludes halogenated alkanes) is 13. The number of aliphatic imine (C=N–C) groups is 1. The Bertz CT molecular complexity index is 3260. The van der Waals surface area contributed by atoms with E-state index in [1.165, 1.54) is 63.6 Å². The Morgan fingerprint density at radius 3 is 1.58 bits per heavy atom. The van der Waals surface area contributed by atoms with Crippen LogP contribution in [0, 0.1) is 11.8 Å². The average molecular weight is 1500 g/mol. The summed E-state index contributed by atoms with van der Waals surface area (Å²) in [4.78, 5) is 174. The Hall–Kier alpha value is -8.84. The van der Waals surface area contributed by atoms with E-state index in [1.54, 1.807) is 63.4 Å². The maximum Gasteiger partial charge on any atom is 0.305 e. The second-order valence-electron chi connectivity index (χ2n) is 27.8. The molecule has 0 aliphatic carbocycles. The lowest BCUT2D eigenvalue weighted by Crippen LogP contribution is -2.60. The number of carbonyl (C=O) groups is 12. The van der Waals surface area contributed by atoms with Crippen LogP contribution in [0.4, 0.5) is 0 Å². The first-order chi connectivity index (χ1) is 50.6. The van der Waals surface area contributed by atoms with Gasteiger partial charge in [0.2, 0.25) is 65.0 Å². The Morgan fingerprint density at radius 2 is 1.03 bits per heavy atom. The molecular formula is C75H122N16O14S. The van der Waals surface area contributed by atoms with Crippen molar-refractivity contribution in [2.45, 2.75) is 263 Å². The molecule has 3 rings (SSSR count). The van der Waals surface area contributed by atoms with E-state index in [2.05, 4.69) is 70.1 Å². The number of thioether (sulfide) groups is 1. The van der Waals surface area contributed by atoms with E-state index < -0.39 is 144 Å². The third kappa shape index (κ3) is 36.0. The Labute approximate surface area is 628 Å². The summed E-state index contributed by atoms with van der Waals surface area (Å²) >= 11 is 1.40. The molecule has 11 amide bonds. The van der Waals surface area contributed by atoms with Gasteiger partial charge in [-0.25, -0.2) is 0 Å². The molecule has 106 heavy (non-hydrogen) atoms. The molecular weight excluding hydrogens is 1380 g/mol. The topological polar surface area (TPSA) is 498 Å². The fourth-order valence-electron chi connectivity index (χ4n) is 12.0. The van der Waals surface area contributed by atoms with Crippen molar-refractivity contribution in [3.63, 3.8) is 0 Å². The number of aromatic nitrogens is 1. The number of carbonyl (C=O) groups excluding carboxylic acids is 11. The molecule has 0 unspecified atom stereocenters. The van der Waals surface area contributed by atoms with E-state index in [0.717, 1.165) is 43.0 Å². The van der Waals surface area contributed by atoms with Gasteiger partial charge >= 0.3 is 5.97 Å². The van der Waals surface area contributed by atoms with E-state index >= 15 is 0 Å². The standard InChI is InChI=1S/C75H122N16O14S/c1-8-10-11-12-13-14-15-16-17-18-19-20-24-36-61(93)90-65(49(6)92)74(105)89-60(44-63(95)96)72(103)84-55(35-29-39-80-75(78)79)69(100)86-57(41-47(3)4)67(98)82-46-62(94)83-54(34-27-28-38-76)68(99)88-59(43-51-45-81-53-33-26-25-32-52(51)53)71(102)85-56(37-40-106-7)70(101)87-58(42-50-30-22-21-23-31-50)73(104)91-64(66(77)97)48(5)9-2/h21-23,25-26,30-33,45,47-49,54-60,64-65,81,92H,8-20,24,27-29,34-44,46,76H2,1-7H3,(H2,77,97)(H,82,98)(H,83,94)(H,84,103)(H,85,102)(H,86,100)(H,87,101)(H,88,99)(H,89,105)(H,90,93)(H,91,104)(H,95,96)(H4,78,79,80)/t48-,49+,54-,55-,56-,57-,58-,59-,60-,64-,65-/m0/s1. The zero-order valence-corrected chi connectivity index (χ0v) is 64.0. The number of guanidine groups is 1. The molecule has 11 atom stereocenters. The number of primary amides is 1. The van der Waals surface area contributed by atoms with Crippen molar-refractivity contribution in [3.8, 4) is 0 Å². The highest BCUT2D eigenvalue weighted by atomic mass is 32.2. The predicted molar refractivity (Wildman–Crippen MR) is 411 cm³/mol. The lowest BCUT2D eigenvalue weighted by molar-refractivity contribution is -0.142. The van der Waals surface area contributed by atoms with Gasteiger partial charge in [0.25, 0.3) is 0 Å². The summed E-state index contributed by atoms with van der Waals surface area (Å²) in [6.45, 7) is 10.0. The predicted octanol–water partition coefficient (Wildman–Crippen LogP) is 3.28. The summed E-state index contributed by atoms with van der Waals surface area (Å²) in [5, 5.41) is 47.6. The first-order valence-electron chi connectivity index (χ1n) is 37.6. The summed E-state index contributed by atoms with van der Waals surface area (Å²) in [7, 11) is 0. The van der Waals surface area contributed by atoms with Crippen LogP contribution in [0.5, 0.6) is 0 Å². The lowest BCUT2D eigenvalue weighted by atomic mass is 9.97. The zero-order valence-electron chi connectivity index (χ0n) is 63.2. The summed E-state index contributed by atoms with van der Waals surface area (Å²) in [5.41, 5.74) is 24.7. The lowest BCUT2D eigenvalue weighted by Gasteiger charge is -2.28. The van der Waals surface area contributed by atoms with E-state index in [1.807, 2.05) is 31.4 Å². The Morgan fingerprint density at radius 1 is 0.519 bits per heavy atom. The van der Waals surface area contributed by atoms with E-state index in [0.29, 0.717) is 42.6 Å². The van der Waals surface area contributed by atoms with Crippen molar-refractivity contribution in [1.29, 1.82) is 0 Å². The smallest absolute Gasteiger partial charge is 0.305 e. The molecule has 0 saturated carbocycles. The maximum absolute atomic E-state index is 14.9. The molecule has 0 aliphatic heterocycles. The molecule has 1 heterocycles. The number of para-hydroxylation sites is 1. The number of rotatable bonds is 56. The van der Waals surface area contributed by atoms with Gasteiger partial charge in [-0.3, -0.25) is 62.5 Å². The van der Waals surface area contributed by atoms with Crippen molar-refractivity contribution in [2.24, 2.45) is 39.8 Å². The highest BCUT2D eigenvalue weighted by Gasteiger charge is 2.37. The molecule has 0 aliphatic rings. The number of nitrogens with two attached hydrogens (primary N) is 4. The van der Waals surface area contributed by atoms with Gasteiger partial charge in [-0.2, -0.15) is 11.8 Å². The van der Waals surface area contributed by atoms with Gasteiger partial charge in [0.1, 0.15) is 54.4 Å². The number of carboxylic acid groups (broad SMARTS) is 1. The molecule has 0 radical (unpaired) electrons. The van der Waals surface area contributed by atoms with Crippen molar-refractivity contribution >= 4 is 99.6 Å². The summed E-state index contributed by atoms with van der Waals surface area (Å²) < 4.78 is 0. The van der Waals surface area contributed by atoms with Crippen molar-refractivity contribution < 1.29 is 67.7 Å². The minimum absolute atomic E-state index is 0.0103. The van der Waals surface area contributed by atoms with Crippen LogP contribution >= 0.6 is 11.8 Å². The van der Waals surface area contributed by atoms with Crippen LogP contribution in [0.25, 0.3) is 10.9 Å². The zero-order chi connectivity index (χ0) is 78.5. The van der Waals surface area contributed by atoms with Gasteiger partial charge in [0.15, 0.2) is 5.96 Å². The first kappa shape index (κ1) is 91.4. The van der Waals surface area contributed by atoms with Crippen LogP contribution in [0.15, 0.2) is 65.8 Å². The molecule has 1 aromatic heterocycles. The SMILES string of the molecule is CCCCCCCCCCCCCCCC(=O)N[C@H](C(=O)N[C@@H](CC(=O)O)C(=O)N[C@@H](CCCN=C(N)N)C(=O)N[C@@H](CC(C)C)C(=O)NCC(=O)N[C@@H](CCCCN)C(=O)N[C@@H](Cc1c[nH]c2ccccc12)C(=O)N[C@@H](CCSC)C(=O)N[C@@H](Cc1ccccc1)C(=O)N[C@H](C(N)=O)[C@@H](C)CC)[C@@H](C)O. The molecule has 0 saturated heterocycles. The second-order valence-corrected chi connectivity index (χ2v) is 28.7. The number of fused-ring (bicyclic) bond motifs is 1. The highest BCUT2D eigenvalue weighted by molar-refractivity contribution is 7.98. The fourth-order valence-corrected chi connectivity index (χ4v) is 12.5. The fraction of sp³-hybridized carbons (Fsp3) is 0.640. The van der Waals surface area contributed by atoms with E-state index in [-0.39, 0.29) is 82.3 Å². The molecule has 0 bridgehead atoms. The van der Waals surface area contributed by atoms with Crippen molar-refractivity contribution in [3.05, 3.63) is 71.9 Å². The number of aliphatic hydroxyl groups is 1. The molecule has 0 spiro atoms. The van der Waals surface area contributed by atoms with Gasteiger partial charge in [0.05, 0.1) is 19.1 Å². The summed E-state index contributed by atoms with van der Waals surface area (Å²) in [5.74, 6) is -11.2. The second kappa shape index (κ2) is 51.4. The number of aromatic amines is 1. The van der Waals surface area contributed by atoms with Gasteiger partial charge in [0, 0.05) is 42.9 Å². The average Bonchev–Trinajstić information content (AvgIpc) is 1.61. The molecule has 592 valence electrons. The highest BCUT2D eigenvalue weighted by Crippen LogP contribution is 2.21. The largest absolute Gasteiger partial charge is 0.481 e. The monoisotopic (exact) mass is 1500 g/mol. The number of benzene rings is 2. The summed E-state index contributed by atoms with van der Waals surface area (Å²) in [6, 6.07) is 3.57. The Balaban J connectivity index is 1.85. The number of aliphatic hydroxyl groups excluding tert-OH is 1. The van der Waals surface area contributed by atoms with Crippen LogP contribution in [0.1, 0.15) is 200 Å². The van der Waals surface area contributed by atoms with Crippen LogP contribution in [-0.4, -0.2) is 184 Å². The maximum atomic E-state index is 14.9. The molecule has 0 fully saturated rings. The van der Waals surface area contributed by atoms with Crippen LogP contribution in [0.2, 0.25) is 0 Å². The van der Waals surface area contributed by atoms with Crippen LogP contribution in [0.3, 0.4) is 0 Å². The number of amides is 11. The number of H-pyrrole nitrogens is 1. The van der Waals surface area contributed by atoms with Gasteiger partial charge in [-0.1, -0.05) is 167 Å². The normalized spacial score (nSPS) is 14.4. The van der Waals surface area contributed by atoms with E-state index in [9.17, 15) is 67.7 Å². The number of carboxylic acids is 1. The number of nitrogens with one attached hydrogen (secondary N) is 11. The molecule has 21 N–H and O–H groups in total. The number of aliphatic carboxylic acids is 1. The molecule has 30 nitrogen and oxygen atoms in total. The molecule has 2 aromatic carbocycles. The molecule has 31 heteroatoms. The Kier molecular flexibility index (Phi) is 44.3. The minimum atomic E-state index is -1.85. The molecule has 3 aromatic rings. The summed E-state index contributed by atoms with van der Waals surface area (Å²) in [6.07, 6.45) is 16.5. The van der Waals surface area contributed by atoms with Crippen molar-refractivity contribution in [1.82, 2.24) is 58.2 Å².